The Morgan fingerprint density at radius 1 is 0.383 bits per heavy atom. The molecule has 0 amide bonds. The Morgan fingerprint density at radius 3 is 1.22 bits per heavy atom. The molecule has 4 nitrogen and oxygen atoms in total. The molecule has 60 heavy (non-hydrogen) atoms. The van der Waals surface area contributed by atoms with Gasteiger partial charge in [0.25, 0.3) is 0 Å². The second-order valence-electron chi connectivity index (χ2n) is 17.7. The molecule has 4 heteroatoms. The first-order valence-corrected chi connectivity index (χ1v) is 21.5. The molecule has 0 atom stereocenters. The fourth-order valence-corrected chi connectivity index (χ4v) is 10.6. The average Bonchev–Trinajstić information content (AvgIpc) is 3.76. The molecule has 290 valence electrons. The summed E-state index contributed by atoms with van der Waals surface area (Å²) in [5.74, 6) is 1.96. The lowest BCUT2D eigenvalue weighted by Crippen LogP contribution is -2.16. The first kappa shape index (κ1) is 35.2. The Balaban J connectivity index is 1.16. The lowest BCUT2D eigenvalue weighted by Gasteiger charge is -2.31. The van der Waals surface area contributed by atoms with Gasteiger partial charge in [-0.25, -0.2) is 9.97 Å². The summed E-state index contributed by atoms with van der Waals surface area (Å²) in [6.07, 6.45) is 7.87. The van der Waals surface area contributed by atoms with Crippen molar-refractivity contribution >= 4 is 43.6 Å². The molecule has 0 saturated heterocycles. The van der Waals surface area contributed by atoms with E-state index in [2.05, 4.69) is 160 Å². The number of fused-ring (bicyclic) bond motifs is 8. The second-order valence-corrected chi connectivity index (χ2v) is 17.7. The van der Waals surface area contributed by atoms with Gasteiger partial charge in [0.1, 0.15) is 11.6 Å². The number of aryl methyl sites for hydroxylation is 10. The quantitative estimate of drug-likeness (QED) is 0.178. The van der Waals surface area contributed by atoms with Gasteiger partial charge in [-0.1, -0.05) is 48.5 Å². The van der Waals surface area contributed by atoms with Crippen molar-refractivity contribution in [3.05, 3.63) is 177 Å². The van der Waals surface area contributed by atoms with Crippen LogP contribution in [0.25, 0.3) is 88.6 Å². The molecule has 0 spiro atoms. The fourth-order valence-electron chi connectivity index (χ4n) is 10.6. The third-order valence-electron chi connectivity index (χ3n) is 13.9. The molecule has 12 rings (SSSR count). The maximum atomic E-state index is 5.04. The Labute approximate surface area is 350 Å². The van der Waals surface area contributed by atoms with Gasteiger partial charge < -0.3 is 0 Å². The highest BCUT2D eigenvalue weighted by atomic mass is 15.1. The van der Waals surface area contributed by atoms with Crippen LogP contribution in [0, 0.1) is 41.5 Å². The van der Waals surface area contributed by atoms with E-state index in [4.69, 9.17) is 9.97 Å². The summed E-state index contributed by atoms with van der Waals surface area (Å²) < 4.78 is 4.94. The van der Waals surface area contributed by atoms with Gasteiger partial charge in [-0.15, -0.1) is 0 Å². The number of benzene rings is 6. The standard InChI is InChI=1S/C56H46N4/c1-31-19-21-57-51(23-31)59-49-17-13-39(37-9-7-33(3)35(5)25-37)27-45(49)47-29-41-12-16-44-54-42(11-15-43(53(41)54)55(47)59)30-48-46-28-40(38-10-8-34(4)36(6)26-38)14-18-50(46)60(56(44)48)52-24-32(2)20-22-58-52/h7-10,13-14,17-30H,11-12,15-16H2,1-6H3. The summed E-state index contributed by atoms with van der Waals surface area (Å²) in [6.45, 7) is 13.1. The first-order chi connectivity index (χ1) is 29.2. The van der Waals surface area contributed by atoms with Gasteiger partial charge in [-0.2, -0.15) is 0 Å². The summed E-state index contributed by atoms with van der Waals surface area (Å²) in [6, 6.07) is 41.6. The zero-order chi connectivity index (χ0) is 40.6. The predicted molar refractivity (Wildman–Crippen MR) is 250 cm³/mol. The first-order valence-electron chi connectivity index (χ1n) is 21.5. The van der Waals surface area contributed by atoms with Gasteiger partial charge in [-0.05, 0) is 217 Å². The minimum atomic E-state index is 0.979. The van der Waals surface area contributed by atoms with Crippen molar-refractivity contribution in [1.29, 1.82) is 0 Å². The summed E-state index contributed by atoms with van der Waals surface area (Å²) >= 11 is 0. The lowest BCUT2D eigenvalue weighted by atomic mass is 9.74. The van der Waals surface area contributed by atoms with Gasteiger partial charge in [0, 0.05) is 33.9 Å². The number of rotatable bonds is 4. The van der Waals surface area contributed by atoms with Crippen molar-refractivity contribution < 1.29 is 0 Å². The summed E-state index contributed by atoms with van der Waals surface area (Å²) in [4.78, 5) is 10.1. The van der Waals surface area contributed by atoms with Crippen LogP contribution in [0.1, 0.15) is 55.6 Å². The molecule has 0 N–H and O–H groups in total. The van der Waals surface area contributed by atoms with Crippen molar-refractivity contribution in [2.45, 2.75) is 67.2 Å². The molecule has 2 aliphatic carbocycles. The van der Waals surface area contributed by atoms with Crippen LogP contribution >= 0.6 is 0 Å². The van der Waals surface area contributed by atoms with E-state index < -0.39 is 0 Å². The number of nitrogens with zero attached hydrogens (tertiary/aromatic N) is 4. The van der Waals surface area contributed by atoms with Crippen LogP contribution in [0.4, 0.5) is 0 Å². The van der Waals surface area contributed by atoms with Crippen LogP contribution in [-0.2, 0) is 25.7 Å². The van der Waals surface area contributed by atoms with E-state index in [9.17, 15) is 0 Å². The zero-order valence-corrected chi connectivity index (χ0v) is 35.2. The Kier molecular flexibility index (Phi) is 7.54. The van der Waals surface area contributed by atoms with Gasteiger partial charge in [0.2, 0.25) is 0 Å². The van der Waals surface area contributed by atoms with E-state index in [-0.39, 0.29) is 0 Å². The van der Waals surface area contributed by atoms with Crippen LogP contribution < -0.4 is 0 Å². The van der Waals surface area contributed by atoms with Crippen LogP contribution in [0.2, 0.25) is 0 Å². The highest BCUT2D eigenvalue weighted by molar-refractivity contribution is 6.16. The van der Waals surface area contributed by atoms with Crippen LogP contribution in [0.3, 0.4) is 0 Å². The third-order valence-corrected chi connectivity index (χ3v) is 13.9. The molecule has 0 fully saturated rings. The molecular formula is C56H46N4. The van der Waals surface area contributed by atoms with E-state index >= 15 is 0 Å². The highest BCUT2D eigenvalue weighted by Crippen LogP contribution is 2.51. The zero-order valence-electron chi connectivity index (χ0n) is 35.2. The molecule has 0 aliphatic heterocycles. The van der Waals surface area contributed by atoms with Crippen LogP contribution in [0.5, 0.6) is 0 Å². The number of pyridine rings is 2. The molecule has 0 radical (unpaired) electrons. The van der Waals surface area contributed by atoms with E-state index in [0.717, 1.165) is 37.3 Å². The molecule has 2 aliphatic rings. The highest BCUT2D eigenvalue weighted by Gasteiger charge is 2.33. The summed E-state index contributed by atoms with van der Waals surface area (Å²) in [5.41, 5.74) is 26.5. The van der Waals surface area contributed by atoms with Gasteiger partial charge in [0.05, 0.1) is 22.1 Å². The number of aromatic nitrogens is 4. The lowest BCUT2D eigenvalue weighted by molar-refractivity contribution is 0.881. The number of hydrogen-bond donors (Lipinski definition) is 0. The Morgan fingerprint density at radius 2 is 0.800 bits per heavy atom. The molecule has 10 aromatic rings. The fraction of sp³-hybridized carbons (Fsp3) is 0.179. The topological polar surface area (TPSA) is 35.6 Å². The van der Waals surface area contributed by atoms with Crippen molar-refractivity contribution in [2.24, 2.45) is 0 Å². The van der Waals surface area contributed by atoms with E-state index in [0.29, 0.717) is 0 Å². The van der Waals surface area contributed by atoms with Crippen LogP contribution in [-0.4, -0.2) is 19.1 Å². The maximum Gasteiger partial charge on any atom is 0.137 e. The third kappa shape index (κ3) is 5.10. The van der Waals surface area contributed by atoms with E-state index in [1.165, 1.54) is 133 Å². The summed E-state index contributed by atoms with van der Waals surface area (Å²) in [7, 11) is 0. The Hall–Kier alpha value is -6.78. The largest absolute Gasteiger partial charge is 0.293 e. The monoisotopic (exact) mass is 774 g/mol. The van der Waals surface area contributed by atoms with Crippen molar-refractivity contribution in [1.82, 2.24) is 19.1 Å². The van der Waals surface area contributed by atoms with Gasteiger partial charge in [0.15, 0.2) is 0 Å². The number of hydrogen-bond acceptors (Lipinski definition) is 2. The average molecular weight is 775 g/mol. The molecule has 0 unspecified atom stereocenters. The van der Waals surface area contributed by atoms with Crippen molar-refractivity contribution in [3.63, 3.8) is 0 Å². The molecule has 0 bridgehead atoms. The molecular weight excluding hydrogens is 729 g/mol. The van der Waals surface area contributed by atoms with Gasteiger partial charge >= 0.3 is 0 Å². The molecule has 4 aromatic heterocycles. The van der Waals surface area contributed by atoms with Crippen LogP contribution in [0.15, 0.2) is 122 Å². The SMILES string of the molecule is Cc1ccnc(-n2c3ccc(-c4ccc(C)c(C)c4)cc3c3cc4c5c(c32)CCc2cc3c6cc(-c7ccc(C)c(C)c7)ccc6n(-c6cc(C)ccn6)c3c(c2-5)CC4)c1. The maximum absolute atomic E-state index is 5.04. The molecule has 6 aromatic carbocycles. The minimum Gasteiger partial charge on any atom is -0.293 e. The molecule has 0 saturated carbocycles. The Bertz CT molecular complexity index is 3270. The normalized spacial score (nSPS) is 13.2. The van der Waals surface area contributed by atoms with Crippen molar-refractivity contribution in [3.8, 4) is 45.0 Å². The van der Waals surface area contributed by atoms with Gasteiger partial charge in [-0.3, -0.25) is 9.13 Å². The summed E-state index contributed by atoms with van der Waals surface area (Å²) in [5, 5.41) is 5.25. The van der Waals surface area contributed by atoms with E-state index in [1.54, 1.807) is 0 Å². The second kappa shape index (κ2) is 12.9. The molecule has 4 heterocycles. The predicted octanol–water partition coefficient (Wildman–Crippen LogP) is 13.7. The smallest absolute Gasteiger partial charge is 0.137 e. The van der Waals surface area contributed by atoms with Crippen molar-refractivity contribution in [2.75, 3.05) is 0 Å². The van der Waals surface area contributed by atoms with E-state index in [1.807, 2.05) is 12.4 Å². The minimum absolute atomic E-state index is 0.979.